The SMILES string of the molecule is COc1ccc(C2=C/C(=C3/N=C(c4ccco4)OC3=O)c3ccccc3O2)cc1OC. The van der Waals surface area contributed by atoms with Crippen molar-refractivity contribution in [2.75, 3.05) is 14.2 Å². The van der Waals surface area contributed by atoms with Crippen LogP contribution in [0, 0.1) is 0 Å². The average molecular weight is 415 g/mol. The van der Waals surface area contributed by atoms with Crippen molar-refractivity contribution in [1.29, 1.82) is 0 Å². The first-order valence-corrected chi connectivity index (χ1v) is 9.48. The lowest BCUT2D eigenvalue weighted by molar-refractivity contribution is -0.130. The van der Waals surface area contributed by atoms with Crippen LogP contribution in [-0.2, 0) is 9.53 Å². The summed E-state index contributed by atoms with van der Waals surface area (Å²) in [5.74, 6) is 2.27. The second-order valence-electron chi connectivity index (χ2n) is 6.72. The van der Waals surface area contributed by atoms with Crippen LogP contribution in [0.3, 0.4) is 0 Å². The first-order valence-electron chi connectivity index (χ1n) is 9.48. The Bertz CT molecular complexity index is 1270. The van der Waals surface area contributed by atoms with Crippen LogP contribution in [0.2, 0.25) is 0 Å². The Morgan fingerprint density at radius 2 is 1.74 bits per heavy atom. The number of para-hydroxylation sites is 1. The van der Waals surface area contributed by atoms with Crippen molar-refractivity contribution in [1.82, 2.24) is 0 Å². The summed E-state index contributed by atoms with van der Waals surface area (Å²) in [4.78, 5) is 17.1. The number of hydrogen-bond acceptors (Lipinski definition) is 7. The summed E-state index contributed by atoms with van der Waals surface area (Å²) in [6.45, 7) is 0. The number of nitrogens with zero attached hydrogens (tertiary/aromatic N) is 1. The maximum atomic E-state index is 12.7. The van der Waals surface area contributed by atoms with Crippen LogP contribution in [0.15, 0.2) is 82.0 Å². The Kier molecular flexibility index (Phi) is 4.55. The molecule has 0 N–H and O–H groups in total. The summed E-state index contributed by atoms with van der Waals surface area (Å²) in [5.41, 5.74) is 2.27. The fourth-order valence-corrected chi connectivity index (χ4v) is 3.44. The monoisotopic (exact) mass is 415 g/mol. The quantitative estimate of drug-likeness (QED) is 0.463. The summed E-state index contributed by atoms with van der Waals surface area (Å²) in [6, 6.07) is 16.3. The van der Waals surface area contributed by atoms with Gasteiger partial charge in [-0.05, 0) is 42.5 Å². The van der Waals surface area contributed by atoms with Crippen molar-refractivity contribution in [2.45, 2.75) is 0 Å². The highest BCUT2D eigenvalue weighted by Gasteiger charge is 2.31. The molecule has 0 radical (unpaired) electrons. The van der Waals surface area contributed by atoms with Crippen molar-refractivity contribution in [3.05, 3.63) is 89.5 Å². The second kappa shape index (κ2) is 7.53. The molecule has 0 unspecified atom stereocenters. The van der Waals surface area contributed by atoms with Gasteiger partial charge in [0.15, 0.2) is 23.0 Å². The topological polar surface area (TPSA) is 79.5 Å². The molecule has 1 aromatic heterocycles. The number of methoxy groups -OCH3 is 2. The van der Waals surface area contributed by atoms with Gasteiger partial charge >= 0.3 is 5.97 Å². The largest absolute Gasteiger partial charge is 0.493 e. The molecular formula is C24H17NO6. The van der Waals surface area contributed by atoms with Crippen molar-refractivity contribution in [3.8, 4) is 17.2 Å². The molecule has 7 heteroatoms. The number of hydrogen-bond donors (Lipinski definition) is 0. The summed E-state index contributed by atoms with van der Waals surface area (Å²) in [7, 11) is 3.15. The zero-order valence-electron chi connectivity index (χ0n) is 16.7. The van der Waals surface area contributed by atoms with Crippen LogP contribution >= 0.6 is 0 Å². The Labute approximate surface area is 177 Å². The molecule has 2 aromatic carbocycles. The summed E-state index contributed by atoms with van der Waals surface area (Å²) < 4.78 is 27.5. The molecule has 0 atom stereocenters. The molecule has 2 aliphatic heterocycles. The van der Waals surface area contributed by atoms with E-state index >= 15 is 0 Å². The minimum absolute atomic E-state index is 0.127. The van der Waals surface area contributed by atoms with E-state index in [1.807, 2.05) is 36.4 Å². The van der Waals surface area contributed by atoms with Crippen LogP contribution < -0.4 is 14.2 Å². The second-order valence-corrected chi connectivity index (χ2v) is 6.72. The standard InChI is InChI=1S/C24H17NO6/c1-27-18-10-9-14(12-21(18)28-2)20-13-16(15-6-3-4-7-17(15)30-20)22-24(26)31-23(25-22)19-8-5-11-29-19/h3-13H,1-2H3/b22-16-. The van der Waals surface area contributed by atoms with Gasteiger partial charge in [0.1, 0.15) is 11.5 Å². The molecule has 0 saturated carbocycles. The fourth-order valence-electron chi connectivity index (χ4n) is 3.44. The van der Waals surface area contributed by atoms with Gasteiger partial charge in [-0.2, -0.15) is 0 Å². The fraction of sp³-hybridized carbons (Fsp3) is 0.0833. The molecule has 2 aliphatic rings. The Hall–Kier alpha value is -4.26. The summed E-state index contributed by atoms with van der Waals surface area (Å²) in [6.07, 6.45) is 3.27. The van der Waals surface area contributed by atoms with Crippen LogP contribution in [0.25, 0.3) is 11.3 Å². The predicted molar refractivity (Wildman–Crippen MR) is 113 cm³/mol. The summed E-state index contributed by atoms with van der Waals surface area (Å²) >= 11 is 0. The summed E-state index contributed by atoms with van der Waals surface area (Å²) in [5, 5.41) is 0. The number of benzene rings is 2. The van der Waals surface area contributed by atoms with Gasteiger partial charge in [0.05, 0.1) is 20.5 Å². The van der Waals surface area contributed by atoms with Crippen molar-refractivity contribution in [3.63, 3.8) is 0 Å². The minimum Gasteiger partial charge on any atom is -0.493 e. The van der Waals surface area contributed by atoms with Gasteiger partial charge in [0.25, 0.3) is 5.90 Å². The lowest BCUT2D eigenvalue weighted by atomic mass is 9.97. The molecule has 3 heterocycles. The Morgan fingerprint density at radius 3 is 2.52 bits per heavy atom. The van der Waals surface area contributed by atoms with E-state index < -0.39 is 5.97 Å². The average Bonchev–Trinajstić information content (AvgIpc) is 3.47. The third-order valence-corrected chi connectivity index (χ3v) is 4.92. The van der Waals surface area contributed by atoms with Gasteiger partial charge in [-0.1, -0.05) is 18.2 Å². The Balaban J connectivity index is 1.67. The first-order chi connectivity index (χ1) is 15.2. The molecule has 7 nitrogen and oxygen atoms in total. The number of carbonyl (C=O) groups excluding carboxylic acids is 1. The van der Waals surface area contributed by atoms with Gasteiger partial charge in [0.2, 0.25) is 0 Å². The predicted octanol–water partition coefficient (Wildman–Crippen LogP) is 4.45. The lowest BCUT2D eigenvalue weighted by Crippen LogP contribution is -2.08. The number of furan rings is 1. The number of cyclic esters (lactones) is 1. The number of ether oxygens (including phenoxy) is 4. The molecule has 3 aromatic rings. The van der Waals surface area contributed by atoms with Gasteiger partial charge in [0, 0.05) is 16.7 Å². The molecule has 0 amide bonds. The lowest BCUT2D eigenvalue weighted by Gasteiger charge is -2.21. The van der Waals surface area contributed by atoms with Crippen molar-refractivity contribution < 1.29 is 28.2 Å². The van der Waals surface area contributed by atoms with E-state index in [9.17, 15) is 4.79 Å². The Morgan fingerprint density at radius 1 is 0.903 bits per heavy atom. The van der Waals surface area contributed by atoms with E-state index in [-0.39, 0.29) is 11.6 Å². The number of aliphatic imine (C=N–C) groups is 1. The third kappa shape index (κ3) is 3.26. The molecule has 154 valence electrons. The number of allylic oxidation sites excluding steroid dienone is 2. The maximum Gasteiger partial charge on any atom is 0.364 e. The van der Waals surface area contributed by atoms with Gasteiger partial charge < -0.3 is 23.4 Å². The van der Waals surface area contributed by atoms with Crippen LogP contribution in [0.1, 0.15) is 16.9 Å². The molecule has 5 rings (SSSR count). The third-order valence-electron chi connectivity index (χ3n) is 4.92. The zero-order chi connectivity index (χ0) is 21.4. The number of rotatable bonds is 4. The van der Waals surface area contributed by atoms with E-state index in [4.69, 9.17) is 23.4 Å². The normalized spacial score (nSPS) is 17.3. The zero-order valence-corrected chi connectivity index (χ0v) is 16.7. The highest BCUT2D eigenvalue weighted by atomic mass is 16.6. The molecule has 31 heavy (non-hydrogen) atoms. The van der Waals surface area contributed by atoms with Gasteiger partial charge in [-0.25, -0.2) is 9.79 Å². The van der Waals surface area contributed by atoms with E-state index in [1.54, 1.807) is 38.5 Å². The number of fused-ring (bicyclic) bond motifs is 1. The molecule has 0 fully saturated rings. The van der Waals surface area contributed by atoms with Crippen LogP contribution in [0.5, 0.6) is 17.2 Å². The first kappa shape index (κ1) is 18.7. The van der Waals surface area contributed by atoms with E-state index in [1.165, 1.54) is 6.26 Å². The number of carbonyl (C=O) groups is 1. The number of esters is 1. The van der Waals surface area contributed by atoms with E-state index in [0.29, 0.717) is 34.3 Å². The highest BCUT2D eigenvalue weighted by Crippen LogP contribution is 2.41. The van der Waals surface area contributed by atoms with E-state index in [0.717, 1.165) is 11.1 Å². The molecule has 0 spiro atoms. The molecular weight excluding hydrogens is 398 g/mol. The van der Waals surface area contributed by atoms with Crippen LogP contribution in [0.4, 0.5) is 0 Å². The minimum atomic E-state index is -0.555. The van der Waals surface area contributed by atoms with E-state index in [2.05, 4.69) is 4.99 Å². The van der Waals surface area contributed by atoms with Gasteiger partial charge in [-0.3, -0.25) is 0 Å². The maximum absolute atomic E-state index is 12.7. The highest BCUT2D eigenvalue weighted by molar-refractivity contribution is 6.15. The van der Waals surface area contributed by atoms with Crippen LogP contribution in [-0.4, -0.2) is 26.1 Å². The van der Waals surface area contributed by atoms with Crippen molar-refractivity contribution >= 4 is 23.2 Å². The van der Waals surface area contributed by atoms with Crippen molar-refractivity contribution in [2.24, 2.45) is 4.99 Å². The van der Waals surface area contributed by atoms with Gasteiger partial charge in [-0.15, -0.1) is 0 Å². The molecule has 0 aliphatic carbocycles. The smallest absolute Gasteiger partial charge is 0.364 e. The molecule has 0 saturated heterocycles. The molecule has 0 bridgehead atoms.